The van der Waals surface area contributed by atoms with E-state index in [1.807, 2.05) is 6.07 Å². The van der Waals surface area contributed by atoms with E-state index in [1.54, 1.807) is 11.3 Å². The quantitative estimate of drug-likeness (QED) is 0.748. The molecule has 0 aliphatic carbocycles. The molecule has 2 aromatic rings. The number of aromatic nitrogens is 1. The van der Waals surface area contributed by atoms with Crippen LogP contribution in [0.15, 0.2) is 22.7 Å². The zero-order valence-electron chi connectivity index (χ0n) is 7.79. The molecule has 2 rings (SSSR count). The summed E-state index contributed by atoms with van der Waals surface area (Å²) in [5.41, 5.74) is 0.880. The van der Waals surface area contributed by atoms with Crippen molar-refractivity contribution >= 4 is 22.9 Å². The van der Waals surface area contributed by atoms with Crippen LogP contribution in [0, 0.1) is 0 Å². The number of nitrogens with zero attached hydrogens (tertiary/aromatic N) is 1. The number of alkyl halides is 1. The van der Waals surface area contributed by atoms with E-state index in [2.05, 4.69) is 24.2 Å². The summed E-state index contributed by atoms with van der Waals surface area (Å²) in [6, 6.07) is 6.08. The summed E-state index contributed by atoms with van der Waals surface area (Å²) >= 11 is 7.37. The first kappa shape index (κ1) is 9.74. The minimum absolute atomic E-state index is 0.374. The van der Waals surface area contributed by atoms with Gasteiger partial charge in [0.05, 0.1) is 10.8 Å². The average Bonchev–Trinajstić information content (AvgIpc) is 2.86. The van der Waals surface area contributed by atoms with Crippen LogP contribution in [-0.4, -0.2) is 5.16 Å². The number of halogens is 1. The number of hydrogen-bond acceptors (Lipinski definition) is 3. The maximum absolute atomic E-state index is 5.63. The molecule has 2 nitrogen and oxygen atoms in total. The highest BCUT2D eigenvalue weighted by Gasteiger charge is 2.07. The van der Waals surface area contributed by atoms with Gasteiger partial charge in [-0.15, -0.1) is 22.9 Å². The Hall–Kier alpha value is -0.800. The van der Waals surface area contributed by atoms with Crippen LogP contribution in [0.4, 0.5) is 0 Å². The molecule has 0 amide bonds. The highest BCUT2D eigenvalue weighted by Crippen LogP contribution is 2.28. The van der Waals surface area contributed by atoms with E-state index in [-0.39, 0.29) is 0 Å². The summed E-state index contributed by atoms with van der Waals surface area (Å²) in [6.07, 6.45) is 1.06. The molecule has 0 unspecified atom stereocenters. The Labute approximate surface area is 91.5 Å². The van der Waals surface area contributed by atoms with Gasteiger partial charge >= 0.3 is 0 Å². The third-order valence-electron chi connectivity index (χ3n) is 1.95. The van der Waals surface area contributed by atoms with Crippen molar-refractivity contribution in [2.75, 3.05) is 0 Å². The average molecular weight is 228 g/mol. The Morgan fingerprint density at radius 1 is 1.50 bits per heavy atom. The van der Waals surface area contributed by atoms with E-state index in [9.17, 15) is 0 Å². The van der Waals surface area contributed by atoms with Crippen molar-refractivity contribution in [3.05, 3.63) is 28.8 Å². The summed E-state index contributed by atoms with van der Waals surface area (Å²) < 4.78 is 5.04. The Kier molecular flexibility index (Phi) is 2.89. The van der Waals surface area contributed by atoms with Crippen molar-refractivity contribution in [3.63, 3.8) is 0 Å². The minimum Gasteiger partial charge on any atom is -0.359 e. The van der Waals surface area contributed by atoms with Crippen LogP contribution in [0.5, 0.6) is 0 Å². The molecule has 0 radical (unpaired) electrons. The van der Waals surface area contributed by atoms with Crippen LogP contribution < -0.4 is 0 Å². The molecule has 0 spiro atoms. The normalized spacial score (nSPS) is 10.7. The van der Waals surface area contributed by atoms with Gasteiger partial charge in [0, 0.05) is 10.9 Å². The van der Waals surface area contributed by atoms with Crippen molar-refractivity contribution in [2.45, 2.75) is 19.2 Å². The topological polar surface area (TPSA) is 26.0 Å². The maximum atomic E-state index is 5.63. The van der Waals surface area contributed by atoms with Crippen LogP contribution in [-0.2, 0) is 12.3 Å². The summed E-state index contributed by atoms with van der Waals surface area (Å²) in [6.45, 7) is 2.14. The number of aryl methyl sites for hydroxylation is 1. The molecule has 0 N–H and O–H groups in total. The number of rotatable bonds is 3. The van der Waals surface area contributed by atoms with Crippen LogP contribution in [0.2, 0.25) is 0 Å². The lowest BCUT2D eigenvalue weighted by atomic mass is 10.3. The third-order valence-corrected chi connectivity index (χ3v) is 3.47. The van der Waals surface area contributed by atoms with Gasteiger partial charge in [-0.05, 0) is 18.6 Å². The van der Waals surface area contributed by atoms with Gasteiger partial charge in [-0.3, -0.25) is 0 Å². The lowest BCUT2D eigenvalue weighted by Crippen LogP contribution is -1.67. The van der Waals surface area contributed by atoms with Crippen molar-refractivity contribution in [2.24, 2.45) is 0 Å². The maximum Gasteiger partial charge on any atom is 0.152 e. The van der Waals surface area contributed by atoms with E-state index >= 15 is 0 Å². The van der Waals surface area contributed by atoms with Crippen molar-refractivity contribution < 1.29 is 4.52 Å². The molecule has 0 saturated carbocycles. The predicted molar refractivity (Wildman–Crippen MR) is 58.8 cm³/mol. The molecule has 2 aromatic heterocycles. The van der Waals surface area contributed by atoms with Crippen molar-refractivity contribution in [1.29, 1.82) is 0 Å². The molecule has 4 heteroatoms. The molecule has 0 fully saturated rings. The van der Waals surface area contributed by atoms with Crippen LogP contribution in [0.1, 0.15) is 17.6 Å². The van der Waals surface area contributed by atoms with Gasteiger partial charge in [-0.1, -0.05) is 12.1 Å². The number of thiophene rings is 1. The van der Waals surface area contributed by atoms with E-state index in [4.69, 9.17) is 16.1 Å². The van der Waals surface area contributed by atoms with Crippen LogP contribution in [0.25, 0.3) is 10.6 Å². The second-order valence-electron chi connectivity index (χ2n) is 2.93. The standard InChI is InChI=1S/C10H10ClNOS/c1-2-8-3-4-10(14-8)9-5-7(6-11)13-12-9/h3-5H,2,6H2,1H3. The molecule has 0 aromatic carbocycles. The Morgan fingerprint density at radius 2 is 2.36 bits per heavy atom. The molecule has 74 valence electrons. The smallest absolute Gasteiger partial charge is 0.152 e. The highest BCUT2D eigenvalue weighted by atomic mass is 35.5. The SMILES string of the molecule is CCc1ccc(-c2cc(CCl)on2)s1. The molecule has 2 heterocycles. The van der Waals surface area contributed by atoms with E-state index in [0.717, 1.165) is 17.0 Å². The Balaban J connectivity index is 2.29. The second kappa shape index (κ2) is 4.15. The zero-order valence-corrected chi connectivity index (χ0v) is 9.36. The largest absolute Gasteiger partial charge is 0.359 e. The molecule has 0 bridgehead atoms. The molecular formula is C10H10ClNOS. The first-order valence-electron chi connectivity index (χ1n) is 4.44. The van der Waals surface area contributed by atoms with Gasteiger partial charge in [-0.2, -0.15) is 0 Å². The molecule has 0 aliphatic rings. The summed E-state index contributed by atoms with van der Waals surface area (Å²) in [5, 5.41) is 3.96. The molecular weight excluding hydrogens is 218 g/mol. The monoisotopic (exact) mass is 227 g/mol. The molecule has 14 heavy (non-hydrogen) atoms. The summed E-state index contributed by atoms with van der Waals surface area (Å²) in [4.78, 5) is 2.50. The molecule has 0 atom stereocenters. The van der Waals surface area contributed by atoms with E-state index in [0.29, 0.717) is 11.6 Å². The fourth-order valence-electron chi connectivity index (χ4n) is 1.20. The zero-order chi connectivity index (χ0) is 9.97. The molecule has 0 saturated heterocycles. The van der Waals surface area contributed by atoms with E-state index in [1.165, 1.54) is 4.88 Å². The first-order chi connectivity index (χ1) is 6.83. The van der Waals surface area contributed by atoms with Gasteiger partial charge in [0.1, 0.15) is 5.69 Å². The van der Waals surface area contributed by atoms with Crippen LogP contribution in [0.3, 0.4) is 0 Å². The second-order valence-corrected chi connectivity index (χ2v) is 4.37. The van der Waals surface area contributed by atoms with Gasteiger partial charge in [0.25, 0.3) is 0 Å². The predicted octanol–water partition coefficient (Wildman–Crippen LogP) is 3.70. The Bertz CT molecular complexity index is 381. The summed E-state index contributed by atoms with van der Waals surface area (Å²) in [5.74, 6) is 1.09. The van der Waals surface area contributed by atoms with Gasteiger partial charge in [0.15, 0.2) is 5.76 Å². The van der Waals surface area contributed by atoms with Crippen molar-refractivity contribution in [3.8, 4) is 10.6 Å². The summed E-state index contributed by atoms with van der Waals surface area (Å²) in [7, 11) is 0. The third kappa shape index (κ3) is 1.83. The fourth-order valence-corrected chi connectivity index (χ4v) is 2.22. The highest BCUT2D eigenvalue weighted by molar-refractivity contribution is 7.15. The fraction of sp³-hybridized carbons (Fsp3) is 0.300. The lowest BCUT2D eigenvalue weighted by Gasteiger charge is -1.85. The van der Waals surface area contributed by atoms with Gasteiger partial charge in [0.2, 0.25) is 0 Å². The van der Waals surface area contributed by atoms with Gasteiger partial charge in [-0.25, -0.2) is 0 Å². The van der Waals surface area contributed by atoms with Crippen LogP contribution >= 0.6 is 22.9 Å². The minimum atomic E-state index is 0.374. The number of hydrogen-bond donors (Lipinski definition) is 0. The van der Waals surface area contributed by atoms with Gasteiger partial charge < -0.3 is 4.52 Å². The molecule has 0 aliphatic heterocycles. The lowest BCUT2D eigenvalue weighted by molar-refractivity contribution is 0.396. The first-order valence-corrected chi connectivity index (χ1v) is 5.79. The van der Waals surface area contributed by atoms with E-state index < -0.39 is 0 Å². The van der Waals surface area contributed by atoms with Crippen molar-refractivity contribution in [1.82, 2.24) is 5.16 Å². The Morgan fingerprint density at radius 3 is 2.93 bits per heavy atom.